The average Bonchev–Trinajstić information content (AvgIpc) is 3.06. The number of hydrogen-bond donors (Lipinski definition) is 0. The van der Waals surface area contributed by atoms with Gasteiger partial charge in [0.2, 0.25) is 5.91 Å². The van der Waals surface area contributed by atoms with E-state index in [4.69, 9.17) is 0 Å². The van der Waals surface area contributed by atoms with E-state index < -0.39 is 0 Å². The number of carbonyl (C=O) groups excluding carboxylic acids is 2. The summed E-state index contributed by atoms with van der Waals surface area (Å²) < 4.78 is 0. The van der Waals surface area contributed by atoms with Gasteiger partial charge in [-0.15, -0.1) is 0 Å². The molecular weight excluding hydrogens is 324 g/mol. The standard InChI is InChI=1S/C22H24N2O2/c1-16-6-2-8-18-10-4-13-24(21(16)18)22(26)19-9-3-7-17(14-19)15-23-12-5-11-20(23)25/h2-3,6-9,14H,4-5,10-13,15H2,1H3. The van der Waals surface area contributed by atoms with Crippen molar-refractivity contribution < 1.29 is 9.59 Å². The van der Waals surface area contributed by atoms with Crippen molar-refractivity contribution in [2.75, 3.05) is 18.0 Å². The molecule has 0 aliphatic carbocycles. The molecule has 0 unspecified atom stereocenters. The molecule has 0 bridgehead atoms. The van der Waals surface area contributed by atoms with Gasteiger partial charge >= 0.3 is 0 Å². The Kier molecular flexibility index (Phi) is 4.49. The molecule has 2 heterocycles. The molecule has 4 rings (SSSR count). The van der Waals surface area contributed by atoms with Crippen LogP contribution in [-0.2, 0) is 17.8 Å². The molecule has 26 heavy (non-hydrogen) atoms. The molecule has 0 spiro atoms. The van der Waals surface area contributed by atoms with Crippen LogP contribution >= 0.6 is 0 Å². The van der Waals surface area contributed by atoms with E-state index >= 15 is 0 Å². The van der Waals surface area contributed by atoms with Crippen molar-refractivity contribution >= 4 is 17.5 Å². The summed E-state index contributed by atoms with van der Waals surface area (Å²) >= 11 is 0. The maximum absolute atomic E-state index is 13.2. The second-order valence-corrected chi connectivity index (χ2v) is 7.26. The number of nitrogens with zero attached hydrogens (tertiary/aromatic N) is 2. The number of aryl methyl sites for hydroxylation is 2. The zero-order valence-corrected chi connectivity index (χ0v) is 15.2. The van der Waals surface area contributed by atoms with Crippen LogP contribution in [0.25, 0.3) is 0 Å². The Morgan fingerprint density at radius 1 is 1.04 bits per heavy atom. The lowest BCUT2D eigenvalue weighted by molar-refractivity contribution is -0.128. The van der Waals surface area contributed by atoms with Crippen LogP contribution in [0.5, 0.6) is 0 Å². The molecule has 2 aliphatic rings. The fourth-order valence-electron chi connectivity index (χ4n) is 4.10. The summed E-state index contributed by atoms with van der Waals surface area (Å²) in [5.41, 5.74) is 5.19. The molecule has 0 saturated carbocycles. The van der Waals surface area contributed by atoms with Crippen LogP contribution in [0.4, 0.5) is 5.69 Å². The topological polar surface area (TPSA) is 40.6 Å². The summed E-state index contributed by atoms with van der Waals surface area (Å²) in [7, 11) is 0. The van der Waals surface area contributed by atoms with Gasteiger partial charge in [0.05, 0.1) is 5.69 Å². The second kappa shape index (κ2) is 6.94. The van der Waals surface area contributed by atoms with E-state index in [0.717, 1.165) is 49.2 Å². The lowest BCUT2D eigenvalue weighted by Gasteiger charge is -2.31. The molecule has 0 radical (unpaired) electrons. The summed E-state index contributed by atoms with van der Waals surface area (Å²) in [6.45, 7) is 4.23. The van der Waals surface area contributed by atoms with Crippen LogP contribution in [0.1, 0.15) is 46.3 Å². The van der Waals surface area contributed by atoms with E-state index in [0.29, 0.717) is 18.5 Å². The number of fused-ring (bicyclic) bond motifs is 1. The maximum atomic E-state index is 13.2. The second-order valence-electron chi connectivity index (χ2n) is 7.26. The van der Waals surface area contributed by atoms with Crippen LogP contribution in [0.2, 0.25) is 0 Å². The normalized spacial score (nSPS) is 16.7. The summed E-state index contributed by atoms with van der Waals surface area (Å²) in [5, 5.41) is 0. The molecule has 1 saturated heterocycles. The van der Waals surface area contributed by atoms with Gasteiger partial charge in [-0.3, -0.25) is 9.59 Å². The minimum absolute atomic E-state index is 0.0508. The highest BCUT2D eigenvalue weighted by Crippen LogP contribution is 2.31. The number of hydrogen-bond acceptors (Lipinski definition) is 2. The molecule has 4 heteroatoms. The van der Waals surface area contributed by atoms with Gasteiger partial charge in [0.25, 0.3) is 5.91 Å². The molecule has 0 aromatic heterocycles. The first-order valence-electron chi connectivity index (χ1n) is 9.40. The fraction of sp³-hybridized carbons (Fsp3) is 0.364. The van der Waals surface area contributed by atoms with Crippen molar-refractivity contribution in [3.8, 4) is 0 Å². The number of benzene rings is 2. The third kappa shape index (κ3) is 3.12. The molecule has 2 aromatic rings. The molecule has 0 N–H and O–H groups in total. The number of anilines is 1. The molecule has 1 fully saturated rings. The number of amides is 2. The maximum Gasteiger partial charge on any atom is 0.258 e. The first-order valence-corrected chi connectivity index (χ1v) is 9.40. The Hall–Kier alpha value is -2.62. The zero-order valence-electron chi connectivity index (χ0n) is 15.2. The summed E-state index contributed by atoms with van der Waals surface area (Å²) in [4.78, 5) is 28.9. The van der Waals surface area contributed by atoms with Gasteiger partial charge in [0.1, 0.15) is 0 Å². The molecule has 2 aromatic carbocycles. The molecular formula is C22H24N2O2. The minimum Gasteiger partial charge on any atom is -0.338 e. The van der Waals surface area contributed by atoms with E-state index in [1.54, 1.807) is 0 Å². The van der Waals surface area contributed by atoms with E-state index in [2.05, 4.69) is 25.1 Å². The summed E-state index contributed by atoms with van der Waals surface area (Å²) in [6.07, 6.45) is 3.59. The third-order valence-electron chi connectivity index (χ3n) is 5.38. The number of likely N-dealkylation sites (tertiary alicyclic amines) is 1. The smallest absolute Gasteiger partial charge is 0.258 e. The predicted molar refractivity (Wildman–Crippen MR) is 102 cm³/mol. The van der Waals surface area contributed by atoms with Gasteiger partial charge in [-0.2, -0.15) is 0 Å². The van der Waals surface area contributed by atoms with Gasteiger partial charge in [-0.1, -0.05) is 30.3 Å². The molecule has 0 atom stereocenters. The first kappa shape index (κ1) is 16.8. The van der Waals surface area contributed by atoms with Gasteiger partial charge in [-0.25, -0.2) is 0 Å². The number of carbonyl (C=O) groups is 2. The monoisotopic (exact) mass is 348 g/mol. The lowest BCUT2D eigenvalue weighted by Crippen LogP contribution is -2.36. The van der Waals surface area contributed by atoms with Crippen molar-refractivity contribution in [1.29, 1.82) is 0 Å². The quantitative estimate of drug-likeness (QED) is 0.848. The highest BCUT2D eigenvalue weighted by molar-refractivity contribution is 6.07. The minimum atomic E-state index is 0.0508. The van der Waals surface area contributed by atoms with E-state index in [-0.39, 0.29) is 11.8 Å². The van der Waals surface area contributed by atoms with Gasteiger partial charge in [-0.05, 0) is 55.0 Å². The lowest BCUT2D eigenvalue weighted by atomic mass is 9.97. The summed E-state index contributed by atoms with van der Waals surface area (Å²) in [5.74, 6) is 0.261. The molecule has 2 amide bonds. The Balaban J connectivity index is 1.60. The third-order valence-corrected chi connectivity index (χ3v) is 5.38. The van der Waals surface area contributed by atoms with Crippen LogP contribution in [-0.4, -0.2) is 29.8 Å². The highest BCUT2D eigenvalue weighted by Gasteiger charge is 2.25. The summed E-state index contributed by atoms with van der Waals surface area (Å²) in [6, 6.07) is 14.0. The van der Waals surface area contributed by atoms with Crippen LogP contribution in [0.3, 0.4) is 0 Å². The zero-order chi connectivity index (χ0) is 18.1. The highest BCUT2D eigenvalue weighted by atomic mass is 16.2. The Morgan fingerprint density at radius 2 is 1.85 bits per heavy atom. The van der Waals surface area contributed by atoms with Crippen LogP contribution in [0.15, 0.2) is 42.5 Å². The van der Waals surface area contributed by atoms with Crippen molar-refractivity contribution in [3.05, 3.63) is 64.7 Å². The molecule has 134 valence electrons. The Bertz CT molecular complexity index is 859. The Morgan fingerprint density at radius 3 is 2.65 bits per heavy atom. The average molecular weight is 348 g/mol. The van der Waals surface area contributed by atoms with Crippen molar-refractivity contribution in [2.24, 2.45) is 0 Å². The van der Waals surface area contributed by atoms with E-state index in [1.165, 1.54) is 5.56 Å². The van der Waals surface area contributed by atoms with Crippen molar-refractivity contribution in [3.63, 3.8) is 0 Å². The number of rotatable bonds is 3. The van der Waals surface area contributed by atoms with Gasteiger partial charge in [0, 0.05) is 31.6 Å². The fourth-order valence-corrected chi connectivity index (χ4v) is 4.10. The van der Waals surface area contributed by atoms with Crippen LogP contribution < -0.4 is 4.90 Å². The van der Waals surface area contributed by atoms with Gasteiger partial charge < -0.3 is 9.80 Å². The number of para-hydroxylation sites is 1. The molecule has 2 aliphatic heterocycles. The van der Waals surface area contributed by atoms with E-state index in [9.17, 15) is 9.59 Å². The molecule has 4 nitrogen and oxygen atoms in total. The van der Waals surface area contributed by atoms with Crippen LogP contribution in [0, 0.1) is 6.92 Å². The Labute approximate surface area is 154 Å². The first-order chi connectivity index (χ1) is 12.6. The largest absolute Gasteiger partial charge is 0.338 e. The van der Waals surface area contributed by atoms with Crippen molar-refractivity contribution in [2.45, 2.75) is 39.2 Å². The SMILES string of the molecule is Cc1cccc2c1N(C(=O)c1cccc(CN3CCCC3=O)c1)CCC2. The predicted octanol–water partition coefficient (Wildman–Crippen LogP) is 3.71. The van der Waals surface area contributed by atoms with Crippen molar-refractivity contribution in [1.82, 2.24) is 4.90 Å². The van der Waals surface area contributed by atoms with Gasteiger partial charge in [0.15, 0.2) is 0 Å². The van der Waals surface area contributed by atoms with E-state index in [1.807, 2.05) is 34.1 Å².